The highest BCUT2D eigenvalue weighted by atomic mass is 16.5. The summed E-state index contributed by atoms with van der Waals surface area (Å²) < 4.78 is 5.13. The van der Waals surface area contributed by atoms with E-state index in [1.807, 2.05) is 17.0 Å². The van der Waals surface area contributed by atoms with Crippen LogP contribution in [0, 0.1) is 0 Å². The van der Waals surface area contributed by atoms with Crippen molar-refractivity contribution in [3.05, 3.63) is 24.3 Å². The second-order valence-corrected chi connectivity index (χ2v) is 5.89. The van der Waals surface area contributed by atoms with Crippen LogP contribution in [-0.2, 0) is 9.59 Å². The van der Waals surface area contributed by atoms with Gasteiger partial charge in [-0.05, 0) is 38.4 Å². The molecule has 0 aliphatic carbocycles. The van der Waals surface area contributed by atoms with E-state index < -0.39 is 0 Å². The largest absolute Gasteiger partial charge is 0.497 e. The summed E-state index contributed by atoms with van der Waals surface area (Å²) in [6, 6.07) is 7.20. The molecule has 0 bridgehead atoms. The van der Waals surface area contributed by atoms with Crippen molar-refractivity contribution < 1.29 is 14.3 Å². The molecule has 0 atom stereocenters. The van der Waals surface area contributed by atoms with Crippen LogP contribution in [-0.4, -0.2) is 62.0 Å². The van der Waals surface area contributed by atoms with Crippen LogP contribution in [0.3, 0.4) is 0 Å². The van der Waals surface area contributed by atoms with Crippen molar-refractivity contribution >= 4 is 17.5 Å². The molecule has 1 aliphatic heterocycles. The number of rotatable bonds is 6. The maximum atomic E-state index is 12.2. The molecule has 1 aromatic rings. The highest BCUT2D eigenvalue weighted by Crippen LogP contribution is 2.16. The number of carbonyl (C=O) groups excluding carboxylic acids is 2. The van der Waals surface area contributed by atoms with Crippen LogP contribution in [0.5, 0.6) is 5.75 Å². The summed E-state index contributed by atoms with van der Waals surface area (Å²) in [5, 5.41) is 2.81. The molecule has 2 rings (SSSR count). The van der Waals surface area contributed by atoms with Gasteiger partial charge in [0, 0.05) is 24.8 Å². The third-order valence-electron chi connectivity index (χ3n) is 3.88. The molecule has 23 heavy (non-hydrogen) atoms. The Bertz CT molecular complexity index is 542. The van der Waals surface area contributed by atoms with Crippen molar-refractivity contribution in [2.75, 3.05) is 45.7 Å². The second kappa shape index (κ2) is 8.53. The van der Waals surface area contributed by atoms with Gasteiger partial charge < -0.3 is 15.0 Å². The van der Waals surface area contributed by atoms with Gasteiger partial charge in [0.05, 0.1) is 20.2 Å². The molecule has 1 saturated heterocycles. The number of likely N-dealkylation sites (N-methyl/N-ethyl adjacent to an activating group) is 1. The minimum atomic E-state index is -0.146. The van der Waals surface area contributed by atoms with Gasteiger partial charge >= 0.3 is 0 Å². The van der Waals surface area contributed by atoms with Crippen LogP contribution < -0.4 is 10.1 Å². The minimum Gasteiger partial charge on any atom is -0.497 e. The van der Waals surface area contributed by atoms with Crippen molar-refractivity contribution in [2.45, 2.75) is 19.3 Å². The van der Waals surface area contributed by atoms with Gasteiger partial charge in [-0.25, -0.2) is 0 Å². The van der Waals surface area contributed by atoms with Crippen LogP contribution in [0.15, 0.2) is 24.3 Å². The fourth-order valence-corrected chi connectivity index (χ4v) is 2.68. The number of nitrogens with one attached hydrogen (secondary N) is 1. The normalized spacial score (nSPS) is 14.7. The lowest BCUT2D eigenvalue weighted by atomic mass is 10.1. The first-order chi connectivity index (χ1) is 11.1. The van der Waals surface area contributed by atoms with Crippen LogP contribution >= 0.6 is 0 Å². The van der Waals surface area contributed by atoms with E-state index in [0.717, 1.165) is 25.9 Å². The summed E-state index contributed by atoms with van der Waals surface area (Å²) in [4.78, 5) is 27.9. The first-order valence-electron chi connectivity index (χ1n) is 7.98. The lowest BCUT2D eigenvalue weighted by Crippen LogP contribution is -2.43. The molecular formula is C17H25N3O3. The zero-order valence-corrected chi connectivity index (χ0v) is 13.9. The Hall–Kier alpha value is -2.08. The molecule has 0 aromatic heterocycles. The number of hydrogen-bond acceptors (Lipinski definition) is 4. The predicted molar refractivity (Wildman–Crippen MR) is 89.6 cm³/mol. The maximum absolute atomic E-state index is 12.2. The third kappa shape index (κ3) is 5.56. The number of amides is 2. The molecule has 1 heterocycles. The predicted octanol–water partition coefficient (Wildman–Crippen LogP) is 1.58. The molecule has 1 aromatic carbocycles. The van der Waals surface area contributed by atoms with Crippen molar-refractivity contribution in [2.24, 2.45) is 0 Å². The van der Waals surface area contributed by atoms with Gasteiger partial charge in [-0.15, -0.1) is 0 Å². The van der Waals surface area contributed by atoms with Gasteiger partial charge in [0.15, 0.2) is 0 Å². The first-order valence-corrected chi connectivity index (χ1v) is 7.98. The SMILES string of the molecule is COc1cccc(NC(=O)CN(C)CC(=O)N2CCCCC2)c1. The molecule has 0 saturated carbocycles. The lowest BCUT2D eigenvalue weighted by molar-refractivity contribution is -0.133. The molecule has 0 radical (unpaired) electrons. The number of benzene rings is 1. The van der Waals surface area contributed by atoms with E-state index >= 15 is 0 Å². The zero-order chi connectivity index (χ0) is 16.7. The number of carbonyl (C=O) groups is 2. The molecule has 6 nitrogen and oxygen atoms in total. The minimum absolute atomic E-state index is 0.0985. The number of piperidine rings is 1. The van der Waals surface area contributed by atoms with E-state index in [1.54, 1.807) is 31.2 Å². The van der Waals surface area contributed by atoms with Gasteiger partial charge in [0.2, 0.25) is 11.8 Å². The van der Waals surface area contributed by atoms with Gasteiger partial charge in [-0.1, -0.05) is 6.07 Å². The van der Waals surface area contributed by atoms with Gasteiger partial charge in [0.1, 0.15) is 5.75 Å². The quantitative estimate of drug-likeness (QED) is 0.865. The Morgan fingerprint density at radius 3 is 2.65 bits per heavy atom. The molecule has 126 valence electrons. The maximum Gasteiger partial charge on any atom is 0.238 e. The Labute approximate surface area is 137 Å². The van der Waals surface area contributed by atoms with E-state index in [-0.39, 0.29) is 24.9 Å². The van der Waals surface area contributed by atoms with Crippen LogP contribution in [0.1, 0.15) is 19.3 Å². The van der Waals surface area contributed by atoms with E-state index in [1.165, 1.54) is 6.42 Å². The van der Waals surface area contributed by atoms with Crippen LogP contribution in [0.4, 0.5) is 5.69 Å². The fraction of sp³-hybridized carbons (Fsp3) is 0.529. The number of anilines is 1. The van der Waals surface area contributed by atoms with Crippen molar-refractivity contribution in [3.63, 3.8) is 0 Å². The summed E-state index contributed by atoms with van der Waals surface area (Å²) in [6.45, 7) is 2.12. The summed E-state index contributed by atoms with van der Waals surface area (Å²) in [7, 11) is 3.37. The van der Waals surface area contributed by atoms with Gasteiger partial charge in [-0.3, -0.25) is 14.5 Å². The number of methoxy groups -OCH3 is 1. The second-order valence-electron chi connectivity index (χ2n) is 5.89. The molecule has 0 spiro atoms. The topological polar surface area (TPSA) is 61.9 Å². The fourth-order valence-electron chi connectivity index (χ4n) is 2.68. The highest BCUT2D eigenvalue weighted by molar-refractivity contribution is 5.92. The molecule has 1 aliphatic rings. The van der Waals surface area contributed by atoms with Crippen LogP contribution in [0.2, 0.25) is 0 Å². The zero-order valence-electron chi connectivity index (χ0n) is 13.9. The number of ether oxygens (including phenoxy) is 1. The first kappa shape index (κ1) is 17.3. The molecular weight excluding hydrogens is 294 g/mol. The lowest BCUT2D eigenvalue weighted by Gasteiger charge is -2.28. The van der Waals surface area contributed by atoms with E-state index in [0.29, 0.717) is 11.4 Å². The average molecular weight is 319 g/mol. The summed E-state index contributed by atoms with van der Waals surface area (Å²) in [5.41, 5.74) is 0.685. The van der Waals surface area contributed by atoms with E-state index in [2.05, 4.69) is 5.32 Å². The standard InChI is InChI=1S/C17H25N3O3/c1-19(13-17(22)20-9-4-3-5-10-20)12-16(21)18-14-7-6-8-15(11-14)23-2/h6-8,11H,3-5,9-10,12-13H2,1-2H3,(H,18,21). The summed E-state index contributed by atoms with van der Waals surface area (Å²) in [5.74, 6) is 0.644. The smallest absolute Gasteiger partial charge is 0.238 e. The Kier molecular flexibility index (Phi) is 6.40. The van der Waals surface area contributed by atoms with Gasteiger partial charge in [0.25, 0.3) is 0 Å². The van der Waals surface area contributed by atoms with Crippen molar-refractivity contribution in [3.8, 4) is 5.75 Å². The Morgan fingerprint density at radius 1 is 1.22 bits per heavy atom. The highest BCUT2D eigenvalue weighted by Gasteiger charge is 2.18. The van der Waals surface area contributed by atoms with E-state index in [4.69, 9.17) is 4.74 Å². The molecule has 0 unspecified atom stereocenters. The van der Waals surface area contributed by atoms with Gasteiger partial charge in [-0.2, -0.15) is 0 Å². The summed E-state index contributed by atoms with van der Waals surface area (Å²) in [6.07, 6.45) is 3.35. The number of nitrogens with zero attached hydrogens (tertiary/aromatic N) is 2. The van der Waals surface area contributed by atoms with E-state index in [9.17, 15) is 9.59 Å². The molecule has 1 fully saturated rings. The monoisotopic (exact) mass is 319 g/mol. The van der Waals surface area contributed by atoms with Crippen molar-refractivity contribution in [1.82, 2.24) is 9.80 Å². The number of hydrogen-bond donors (Lipinski definition) is 1. The summed E-state index contributed by atoms with van der Waals surface area (Å²) >= 11 is 0. The number of likely N-dealkylation sites (tertiary alicyclic amines) is 1. The molecule has 6 heteroatoms. The molecule has 2 amide bonds. The van der Waals surface area contributed by atoms with Crippen molar-refractivity contribution in [1.29, 1.82) is 0 Å². The van der Waals surface area contributed by atoms with Crippen LogP contribution in [0.25, 0.3) is 0 Å². The average Bonchev–Trinajstić information content (AvgIpc) is 2.55. The molecule has 1 N–H and O–H groups in total. The Balaban J connectivity index is 1.78. The Morgan fingerprint density at radius 2 is 1.96 bits per heavy atom. The third-order valence-corrected chi connectivity index (χ3v) is 3.88.